The van der Waals surface area contributed by atoms with E-state index < -0.39 is 0 Å². The fourth-order valence-electron chi connectivity index (χ4n) is 4.68. The summed E-state index contributed by atoms with van der Waals surface area (Å²) in [6.07, 6.45) is 0. The predicted molar refractivity (Wildman–Crippen MR) is 136 cm³/mol. The van der Waals surface area contributed by atoms with Crippen LogP contribution in [0.5, 0.6) is 5.75 Å². The molecule has 7 nitrogen and oxygen atoms in total. The Hall–Kier alpha value is -3.23. The van der Waals surface area contributed by atoms with Crippen molar-refractivity contribution in [2.24, 2.45) is 0 Å². The van der Waals surface area contributed by atoms with E-state index in [1.807, 2.05) is 16.8 Å². The van der Waals surface area contributed by atoms with Crippen LogP contribution in [-0.4, -0.2) is 58.4 Å². The minimum absolute atomic E-state index is 0.0263. The number of aromatic nitrogens is 4. The summed E-state index contributed by atoms with van der Waals surface area (Å²) in [4.78, 5) is 6.24. The van der Waals surface area contributed by atoms with Gasteiger partial charge < -0.3 is 9.64 Å². The molecular formula is C26H30N6OS. The van der Waals surface area contributed by atoms with Crippen molar-refractivity contribution in [1.29, 1.82) is 0 Å². The number of rotatable bonds is 7. The molecule has 34 heavy (non-hydrogen) atoms. The minimum Gasteiger partial charge on any atom is -0.497 e. The molecule has 2 aromatic heterocycles. The van der Waals surface area contributed by atoms with E-state index in [1.165, 1.54) is 27.3 Å². The van der Waals surface area contributed by atoms with E-state index in [0.717, 1.165) is 37.8 Å². The summed E-state index contributed by atoms with van der Waals surface area (Å²) in [6, 6.07) is 19.0. The van der Waals surface area contributed by atoms with Gasteiger partial charge in [0, 0.05) is 36.7 Å². The monoisotopic (exact) mass is 474 g/mol. The zero-order valence-corrected chi connectivity index (χ0v) is 20.7. The molecule has 0 bridgehead atoms. The van der Waals surface area contributed by atoms with Gasteiger partial charge >= 0.3 is 0 Å². The smallest absolute Gasteiger partial charge is 0.173 e. The predicted octanol–water partition coefficient (Wildman–Crippen LogP) is 4.32. The van der Waals surface area contributed by atoms with Crippen molar-refractivity contribution < 1.29 is 4.74 Å². The molecule has 0 N–H and O–H groups in total. The van der Waals surface area contributed by atoms with Crippen molar-refractivity contribution >= 4 is 17.0 Å². The third-order valence-electron chi connectivity index (χ3n) is 6.72. The van der Waals surface area contributed by atoms with Crippen LogP contribution in [-0.2, 0) is 6.54 Å². The fourth-order valence-corrected chi connectivity index (χ4v) is 5.36. The molecule has 1 unspecified atom stereocenters. The maximum atomic E-state index is 5.40. The van der Waals surface area contributed by atoms with Gasteiger partial charge in [0.15, 0.2) is 5.82 Å². The van der Waals surface area contributed by atoms with Crippen molar-refractivity contribution in [3.05, 3.63) is 87.4 Å². The Morgan fingerprint density at radius 3 is 2.47 bits per heavy atom. The summed E-state index contributed by atoms with van der Waals surface area (Å²) < 4.78 is 7.34. The van der Waals surface area contributed by atoms with Crippen LogP contribution in [0.2, 0.25) is 0 Å². The van der Waals surface area contributed by atoms with Crippen LogP contribution in [0, 0.1) is 13.8 Å². The van der Waals surface area contributed by atoms with Gasteiger partial charge in [-0.25, -0.2) is 4.68 Å². The molecule has 3 heterocycles. The van der Waals surface area contributed by atoms with Crippen LogP contribution < -0.4 is 9.64 Å². The van der Waals surface area contributed by atoms with Crippen molar-refractivity contribution in [3.63, 3.8) is 0 Å². The van der Waals surface area contributed by atoms with Crippen LogP contribution in [0.4, 0.5) is 5.69 Å². The average molecular weight is 475 g/mol. The maximum Gasteiger partial charge on any atom is 0.173 e. The van der Waals surface area contributed by atoms with E-state index in [0.29, 0.717) is 6.54 Å². The van der Waals surface area contributed by atoms with E-state index >= 15 is 0 Å². The molecule has 1 fully saturated rings. The molecule has 2 aromatic carbocycles. The molecular weight excluding hydrogens is 444 g/mol. The Morgan fingerprint density at radius 1 is 0.971 bits per heavy atom. The molecule has 1 aliphatic heterocycles. The van der Waals surface area contributed by atoms with Crippen molar-refractivity contribution in [2.45, 2.75) is 26.4 Å². The highest BCUT2D eigenvalue weighted by atomic mass is 32.1. The van der Waals surface area contributed by atoms with Gasteiger partial charge in [0.2, 0.25) is 0 Å². The second kappa shape index (κ2) is 9.95. The van der Waals surface area contributed by atoms with Gasteiger partial charge in [0.1, 0.15) is 5.75 Å². The maximum absolute atomic E-state index is 5.40. The van der Waals surface area contributed by atoms with Gasteiger partial charge in [0.05, 0.1) is 19.7 Å². The number of piperazine rings is 1. The second-order valence-corrected chi connectivity index (χ2v) is 9.72. The first-order valence-electron chi connectivity index (χ1n) is 11.6. The fraction of sp³-hybridized carbons (Fsp3) is 0.346. The highest BCUT2D eigenvalue weighted by Crippen LogP contribution is 2.31. The minimum atomic E-state index is -0.0263. The highest BCUT2D eigenvalue weighted by molar-refractivity contribution is 7.09. The standard InChI is InChI=1S/C26H30N6OS/c1-19-6-4-8-24(20(19)2)30-13-15-31(16-14-30)25(21-9-11-22(33-3)12-10-21)26-27-28-29-32(26)18-23-7-5-17-34-23/h4-12,17,25H,13-16,18H2,1-3H3. The van der Waals surface area contributed by atoms with Crippen LogP contribution in [0.15, 0.2) is 60.0 Å². The lowest BCUT2D eigenvalue weighted by Crippen LogP contribution is -2.48. The second-order valence-electron chi connectivity index (χ2n) is 8.69. The number of ether oxygens (including phenoxy) is 1. The van der Waals surface area contributed by atoms with Gasteiger partial charge in [-0.05, 0) is 70.6 Å². The number of hydrogen-bond acceptors (Lipinski definition) is 7. The Kier molecular flexibility index (Phi) is 6.60. The van der Waals surface area contributed by atoms with Crippen molar-refractivity contribution in [3.8, 4) is 5.75 Å². The van der Waals surface area contributed by atoms with Gasteiger partial charge in [-0.1, -0.05) is 30.3 Å². The molecule has 1 atom stereocenters. The summed E-state index contributed by atoms with van der Waals surface area (Å²) in [5, 5.41) is 15.0. The SMILES string of the molecule is COc1ccc(C(c2nnnn2Cc2cccs2)N2CCN(c3cccc(C)c3C)CC2)cc1. The Balaban J connectivity index is 1.43. The first kappa shape index (κ1) is 22.6. The summed E-state index contributed by atoms with van der Waals surface area (Å²) in [6.45, 7) is 8.85. The molecule has 0 aliphatic carbocycles. The van der Waals surface area contributed by atoms with Gasteiger partial charge in [-0.3, -0.25) is 4.90 Å². The normalized spacial score (nSPS) is 15.4. The van der Waals surface area contributed by atoms with Crippen LogP contribution in [0.1, 0.15) is 33.4 Å². The average Bonchev–Trinajstić information content (AvgIpc) is 3.55. The zero-order chi connectivity index (χ0) is 23.5. The van der Waals surface area contributed by atoms with Gasteiger partial charge in [-0.15, -0.1) is 16.4 Å². The topological polar surface area (TPSA) is 59.3 Å². The number of benzene rings is 2. The quantitative estimate of drug-likeness (QED) is 0.398. The third-order valence-corrected chi connectivity index (χ3v) is 7.58. The lowest BCUT2D eigenvalue weighted by molar-refractivity contribution is 0.201. The molecule has 1 saturated heterocycles. The summed E-state index contributed by atoms with van der Waals surface area (Å²) in [5.41, 5.74) is 5.21. The van der Waals surface area contributed by atoms with E-state index in [1.54, 1.807) is 18.4 Å². The number of methoxy groups -OCH3 is 1. The molecule has 1 aliphatic rings. The van der Waals surface area contributed by atoms with Gasteiger partial charge in [0.25, 0.3) is 0 Å². The lowest BCUT2D eigenvalue weighted by Gasteiger charge is -2.40. The van der Waals surface area contributed by atoms with Crippen LogP contribution in [0.25, 0.3) is 0 Å². The number of nitrogens with zero attached hydrogens (tertiary/aromatic N) is 6. The van der Waals surface area contributed by atoms with Crippen molar-refractivity contribution in [1.82, 2.24) is 25.1 Å². The molecule has 0 spiro atoms. The third kappa shape index (κ3) is 4.56. The largest absolute Gasteiger partial charge is 0.497 e. The first-order chi connectivity index (χ1) is 16.6. The molecule has 5 rings (SSSR count). The van der Waals surface area contributed by atoms with Crippen molar-refractivity contribution in [2.75, 3.05) is 38.2 Å². The van der Waals surface area contributed by atoms with Crippen LogP contribution in [0.3, 0.4) is 0 Å². The van der Waals surface area contributed by atoms with Gasteiger partial charge in [-0.2, -0.15) is 0 Å². The molecule has 0 radical (unpaired) electrons. The number of anilines is 1. The summed E-state index contributed by atoms with van der Waals surface area (Å²) >= 11 is 1.73. The Labute approximate surface area is 204 Å². The highest BCUT2D eigenvalue weighted by Gasteiger charge is 2.31. The van der Waals surface area contributed by atoms with E-state index in [9.17, 15) is 0 Å². The van der Waals surface area contributed by atoms with E-state index in [2.05, 4.69) is 87.0 Å². The number of tetrazole rings is 1. The summed E-state index contributed by atoms with van der Waals surface area (Å²) in [7, 11) is 1.70. The first-order valence-corrected chi connectivity index (χ1v) is 12.5. The Morgan fingerprint density at radius 2 is 1.76 bits per heavy atom. The molecule has 0 amide bonds. The molecule has 176 valence electrons. The number of thiophene rings is 1. The molecule has 0 saturated carbocycles. The number of aryl methyl sites for hydroxylation is 1. The lowest BCUT2D eigenvalue weighted by atomic mass is 10.0. The zero-order valence-electron chi connectivity index (χ0n) is 19.9. The summed E-state index contributed by atoms with van der Waals surface area (Å²) in [5.74, 6) is 1.72. The number of hydrogen-bond donors (Lipinski definition) is 0. The van der Waals surface area contributed by atoms with Crippen LogP contribution >= 0.6 is 11.3 Å². The van der Waals surface area contributed by atoms with E-state index in [-0.39, 0.29) is 6.04 Å². The molecule has 4 aromatic rings. The Bertz CT molecular complexity index is 1210. The molecule has 8 heteroatoms. The van der Waals surface area contributed by atoms with E-state index in [4.69, 9.17) is 4.74 Å².